The number of amides is 1. The van der Waals surface area contributed by atoms with Crippen molar-refractivity contribution in [2.24, 2.45) is 0 Å². The number of halogens is 3. The molecule has 1 unspecified atom stereocenters. The van der Waals surface area contributed by atoms with Gasteiger partial charge in [0, 0.05) is 18.3 Å². The van der Waals surface area contributed by atoms with Crippen molar-refractivity contribution in [3.63, 3.8) is 0 Å². The average Bonchev–Trinajstić information content (AvgIpc) is 2.94. The van der Waals surface area contributed by atoms with E-state index < -0.39 is 12.1 Å². The summed E-state index contributed by atoms with van der Waals surface area (Å²) in [6.45, 7) is 7.20. The zero-order valence-electron chi connectivity index (χ0n) is 13.6. The fraction of sp³-hybridized carbons (Fsp3) is 0.769. The van der Waals surface area contributed by atoms with Gasteiger partial charge in [-0.15, -0.1) is 11.8 Å². The molecule has 0 saturated carbocycles. The number of hydrogen-bond acceptors (Lipinski definition) is 6. The van der Waals surface area contributed by atoms with Gasteiger partial charge in [0.25, 0.3) is 0 Å². The highest BCUT2D eigenvalue weighted by Crippen LogP contribution is 2.20. The van der Waals surface area contributed by atoms with E-state index in [9.17, 15) is 18.0 Å². The summed E-state index contributed by atoms with van der Waals surface area (Å²) >= 11 is 1.64. The lowest BCUT2D eigenvalue weighted by molar-refractivity contribution is -0.192. The average molecular weight is 370 g/mol. The van der Waals surface area contributed by atoms with Crippen LogP contribution in [0.25, 0.3) is 0 Å². The Kier molecular flexibility index (Phi) is 9.72. The first kappa shape index (κ1) is 22.5. The van der Waals surface area contributed by atoms with Gasteiger partial charge in [0.1, 0.15) is 6.04 Å². The molecule has 0 aromatic carbocycles. The van der Waals surface area contributed by atoms with Crippen molar-refractivity contribution in [3.8, 4) is 6.07 Å². The molecule has 1 aliphatic rings. The van der Waals surface area contributed by atoms with E-state index in [4.69, 9.17) is 15.2 Å². The highest BCUT2D eigenvalue weighted by atomic mass is 32.2. The van der Waals surface area contributed by atoms with Crippen LogP contribution in [0.4, 0.5) is 13.2 Å². The van der Waals surface area contributed by atoms with Crippen molar-refractivity contribution in [2.45, 2.75) is 39.0 Å². The molecule has 0 aliphatic carbocycles. The van der Waals surface area contributed by atoms with Gasteiger partial charge in [0.05, 0.1) is 18.5 Å². The number of hydrogen-bond donors (Lipinski definition) is 2. The predicted molar refractivity (Wildman–Crippen MR) is 82.8 cm³/mol. The van der Waals surface area contributed by atoms with Crippen LogP contribution in [-0.2, 0) is 9.59 Å². The Labute approximate surface area is 142 Å². The Morgan fingerprint density at radius 1 is 1.50 bits per heavy atom. The molecule has 1 heterocycles. The van der Waals surface area contributed by atoms with Crippen LogP contribution in [0.15, 0.2) is 0 Å². The standard InChI is InChI=1S/C11H20N4OS.C2HF3O2/c1-4-13-15(9(2)3)6-11(16)14-8-17-7-10(14)5-12;3-2(4,5)1(6)7/h9-10,13H,4,6-8H2,1-3H3;(H,6,7). The minimum atomic E-state index is -5.08. The van der Waals surface area contributed by atoms with Gasteiger partial charge >= 0.3 is 12.1 Å². The van der Waals surface area contributed by atoms with Crippen molar-refractivity contribution in [3.05, 3.63) is 0 Å². The molecular weight excluding hydrogens is 349 g/mol. The van der Waals surface area contributed by atoms with Crippen molar-refractivity contribution in [1.29, 1.82) is 5.26 Å². The lowest BCUT2D eigenvalue weighted by Crippen LogP contribution is -2.50. The second-order valence-electron chi connectivity index (χ2n) is 5.04. The molecule has 1 fully saturated rings. The summed E-state index contributed by atoms with van der Waals surface area (Å²) in [5, 5.41) is 18.0. The smallest absolute Gasteiger partial charge is 0.475 e. The molecule has 2 N–H and O–H groups in total. The van der Waals surface area contributed by atoms with Crippen molar-refractivity contribution in [1.82, 2.24) is 15.3 Å². The summed E-state index contributed by atoms with van der Waals surface area (Å²) in [4.78, 5) is 22.6. The summed E-state index contributed by atoms with van der Waals surface area (Å²) in [6, 6.07) is 2.17. The van der Waals surface area contributed by atoms with E-state index in [2.05, 4.69) is 11.5 Å². The number of alkyl halides is 3. The molecule has 1 aliphatic heterocycles. The first-order valence-electron chi connectivity index (χ1n) is 7.11. The van der Waals surface area contributed by atoms with Gasteiger partial charge in [-0.2, -0.15) is 18.4 Å². The van der Waals surface area contributed by atoms with Crippen molar-refractivity contribution in [2.75, 3.05) is 24.7 Å². The second-order valence-corrected chi connectivity index (χ2v) is 6.04. The van der Waals surface area contributed by atoms with E-state index in [1.54, 1.807) is 16.7 Å². The van der Waals surface area contributed by atoms with E-state index in [-0.39, 0.29) is 18.0 Å². The molecule has 11 heteroatoms. The third kappa shape index (κ3) is 7.85. The number of rotatable bonds is 5. The van der Waals surface area contributed by atoms with Crippen molar-refractivity contribution < 1.29 is 27.9 Å². The van der Waals surface area contributed by atoms with E-state index >= 15 is 0 Å². The number of thioether (sulfide) groups is 1. The van der Waals surface area contributed by atoms with Crippen LogP contribution in [-0.4, -0.2) is 69.9 Å². The third-order valence-corrected chi connectivity index (χ3v) is 3.90. The molecule has 0 aromatic rings. The first-order valence-corrected chi connectivity index (χ1v) is 8.27. The molecule has 138 valence electrons. The van der Waals surface area contributed by atoms with Gasteiger partial charge in [-0.3, -0.25) is 10.2 Å². The molecule has 0 aromatic heterocycles. The van der Waals surface area contributed by atoms with Crippen LogP contribution >= 0.6 is 11.8 Å². The van der Waals surface area contributed by atoms with E-state index in [1.165, 1.54) is 0 Å². The number of carboxylic acid groups (broad SMARTS) is 1. The molecule has 0 bridgehead atoms. The monoisotopic (exact) mass is 370 g/mol. The molecule has 1 amide bonds. The number of nitrogens with zero attached hydrogens (tertiary/aromatic N) is 3. The van der Waals surface area contributed by atoms with Gasteiger partial charge in [-0.1, -0.05) is 6.92 Å². The van der Waals surface area contributed by atoms with Gasteiger partial charge in [0.15, 0.2) is 0 Å². The number of hydrazine groups is 1. The maximum atomic E-state index is 12.1. The van der Waals surface area contributed by atoms with Crippen LogP contribution in [0, 0.1) is 11.3 Å². The predicted octanol–water partition coefficient (Wildman–Crippen LogP) is 1.28. The Bertz CT molecular complexity index is 468. The number of nitrogens with one attached hydrogen (secondary N) is 1. The topological polar surface area (TPSA) is 96.7 Å². The molecule has 24 heavy (non-hydrogen) atoms. The number of carbonyl (C=O) groups is 2. The van der Waals surface area contributed by atoms with Gasteiger partial charge < -0.3 is 10.0 Å². The summed E-state index contributed by atoms with van der Waals surface area (Å²) in [5.41, 5.74) is 3.17. The maximum Gasteiger partial charge on any atom is 0.490 e. The Balaban J connectivity index is 0.000000640. The van der Waals surface area contributed by atoms with Gasteiger partial charge in [0.2, 0.25) is 5.91 Å². The normalized spacial score (nSPS) is 17.5. The van der Waals surface area contributed by atoms with Crippen LogP contribution < -0.4 is 5.43 Å². The molecule has 1 saturated heterocycles. The molecule has 0 radical (unpaired) electrons. The number of nitriles is 1. The molecule has 0 spiro atoms. The second kappa shape index (κ2) is 10.4. The highest BCUT2D eigenvalue weighted by molar-refractivity contribution is 7.99. The van der Waals surface area contributed by atoms with Gasteiger partial charge in [-0.05, 0) is 13.8 Å². The SMILES string of the molecule is CCNN(CC(=O)N1CSCC1C#N)C(C)C.O=C(O)C(F)(F)F. The summed E-state index contributed by atoms with van der Waals surface area (Å²) in [6.07, 6.45) is -5.08. The molecular formula is C13H21F3N4O3S. The number of carboxylic acids is 1. The minimum absolute atomic E-state index is 0.0243. The highest BCUT2D eigenvalue weighted by Gasteiger charge is 2.38. The number of aliphatic carboxylic acids is 1. The third-order valence-electron chi connectivity index (χ3n) is 2.88. The largest absolute Gasteiger partial charge is 0.490 e. The van der Waals surface area contributed by atoms with Crippen LogP contribution in [0.3, 0.4) is 0 Å². The maximum absolute atomic E-state index is 12.1. The van der Waals surface area contributed by atoms with E-state index in [1.807, 2.05) is 25.8 Å². The van der Waals surface area contributed by atoms with E-state index in [0.717, 1.165) is 12.3 Å². The summed E-state index contributed by atoms with van der Waals surface area (Å²) in [7, 11) is 0. The summed E-state index contributed by atoms with van der Waals surface area (Å²) in [5.74, 6) is -1.37. The lowest BCUT2D eigenvalue weighted by atomic mass is 10.3. The fourth-order valence-electron chi connectivity index (χ4n) is 1.66. The van der Waals surface area contributed by atoms with Crippen LogP contribution in [0.2, 0.25) is 0 Å². The van der Waals surface area contributed by atoms with Gasteiger partial charge in [-0.25, -0.2) is 9.80 Å². The van der Waals surface area contributed by atoms with E-state index in [0.29, 0.717) is 12.4 Å². The Hall–Kier alpha value is -1.51. The van der Waals surface area contributed by atoms with Crippen molar-refractivity contribution >= 4 is 23.6 Å². The lowest BCUT2D eigenvalue weighted by Gasteiger charge is -2.28. The first-order chi connectivity index (χ1) is 11.0. The summed E-state index contributed by atoms with van der Waals surface area (Å²) < 4.78 is 31.7. The molecule has 7 nitrogen and oxygen atoms in total. The zero-order valence-corrected chi connectivity index (χ0v) is 14.4. The van der Waals surface area contributed by atoms with Crippen LogP contribution in [0.5, 0.6) is 0 Å². The number of carbonyl (C=O) groups excluding carboxylic acids is 1. The quantitative estimate of drug-likeness (QED) is 0.704. The Morgan fingerprint density at radius 2 is 2.04 bits per heavy atom. The minimum Gasteiger partial charge on any atom is -0.475 e. The zero-order chi connectivity index (χ0) is 18.9. The van der Waals surface area contributed by atoms with Crippen LogP contribution in [0.1, 0.15) is 20.8 Å². The fourth-order valence-corrected chi connectivity index (χ4v) is 2.76. The Morgan fingerprint density at radius 3 is 2.42 bits per heavy atom. The molecule has 1 rings (SSSR count). The molecule has 1 atom stereocenters.